The van der Waals surface area contributed by atoms with Crippen molar-refractivity contribution in [2.24, 2.45) is 7.05 Å². The largest absolute Gasteiger partial charge is 0.322 e. The van der Waals surface area contributed by atoms with Crippen molar-refractivity contribution in [3.8, 4) is 0 Å². The smallest absolute Gasteiger partial charge is 0.232 e. The van der Waals surface area contributed by atoms with Crippen molar-refractivity contribution < 1.29 is 4.39 Å². The SMILES string of the molecule is Cn1cc(F)nc1Cl. The van der Waals surface area contributed by atoms with E-state index in [4.69, 9.17) is 11.6 Å². The molecule has 0 fully saturated rings. The molecule has 0 aliphatic carbocycles. The zero-order valence-corrected chi connectivity index (χ0v) is 4.98. The van der Waals surface area contributed by atoms with Gasteiger partial charge in [-0.2, -0.15) is 9.37 Å². The van der Waals surface area contributed by atoms with Gasteiger partial charge in [0, 0.05) is 7.05 Å². The quantitative estimate of drug-likeness (QED) is 0.522. The standard InChI is InChI=1S/C4H4ClFN2/c1-8-2-3(6)7-4(8)5/h2H,1H3. The second-order valence-corrected chi connectivity index (χ2v) is 1.78. The summed E-state index contributed by atoms with van der Waals surface area (Å²) in [5.41, 5.74) is 0. The van der Waals surface area contributed by atoms with E-state index in [-0.39, 0.29) is 5.28 Å². The third-order valence-electron chi connectivity index (χ3n) is 0.790. The lowest BCUT2D eigenvalue weighted by atomic mass is 10.9. The van der Waals surface area contributed by atoms with Crippen LogP contribution in [0.1, 0.15) is 0 Å². The molecule has 0 aliphatic rings. The molecule has 0 saturated heterocycles. The summed E-state index contributed by atoms with van der Waals surface area (Å²) in [6, 6.07) is 0. The lowest BCUT2D eigenvalue weighted by Crippen LogP contribution is -1.81. The predicted octanol–water partition coefficient (Wildman–Crippen LogP) is 1.21. The molecule has 1 aromatic heterocycles. The van der Waals surface area contributed by atoms with E-state index in [9.17, 15) is 4.39 Å². The van der Waals surface area contributed by atoms with Crippen molar-refractivity contribution in [2.75, 3.05) is 0 Å². The molecule has 8 heavy (non-hydrogen) atoms. The van der Waals surface area contributed by atoms with Crippen molar-refractivity contribution in [3.63, 3.8) is 0 Å². The highest BCUT2D eigenvalue weighted by Gasteiger charge is 1.97. The van der Waals surface area contributed by atoms with Crippen molar-refractivity contribution >= 4 is 11.6 Å². The molecule has 0 amide bonds. The topological polar surface area (TPSA) is 17.8 Å². The zero-order valence-electron chi connectivity index (χ0n) is 4.23. The lowest BCUT2D eigenvalue weighted by Gasteiger charge is -1.83. The monoisotopic (exact) mass is 134 g/mol. The normalized spacial score (nSPS) is 9.88. The first-order chi connectivity index (χ1) is 3.70. The summed E-state index contributed by atoms with van der Waals surface area (Å²) in [5.74, 6) is -0.544. The Morgan fingerprint density at radius 2 is 2.50 bits per heavy atom. The Morgan fingerprint density at radius 1 is 1.88 bits per heavy atom. The van der Waals surface area contributed by atoms with Gasteiger partial charge in [-0.15, -0.1) is 0 Å². The Hall–Kier alpha value is -0.570. The van der Waals surface area contributed by atoms with Gasteiger partial charge >= 0.3 is 0 Å². The van der Waals surface area contributed by atoms with E-state index < -0.39 is 5.95 Å². The van der Waals surface area contributed by atoms with Crippen LogP contribution in [0.3, 0.4) is 0 Å². The molecular formula is C4H4ClFN2. The average Bonchev–Trinajstić information content (AvgIpc) is 1.85. The molecule has 0 bridgehead atoms. The Labute approximate surface area is 50.9 Å². The molecule has 0 saturated carbocycles. The first-order valence-electron chi connectivity index (χ1n) is 2.04. The van der Waals surface area contributed by atoms with Gasteiger partial charge in [0.2, 0.25) is 11.2 Å². The van der Waals surface area contributed by atoms with E-state index >= 15 is 0 Å². The minimum atomic E-state index is -0.544. The lowest BCUT2D eigenvalue weighted by molar-refractivity contribution is 0.589. The van der Waals surface area contributed by atoms with E-state index in [1.54, 1.807) is 7.05 Å². The van der Waals surface area contributed by atoms with Crippen LogP contribution < -0.4 is 0 Å². The molecule has 0 atom stereocenters. The molecule has 0 aromatic carbocycles. The number of aryl methyl sites for hydroxylation is 1. The molecule has 0 N–H and O–H groups in total. The second kappa shape index (κ2) is 1.74. The molecule has 1 aromatic rings. The average molecular weight is 135 g/mol. The summed E-state index contributed by atoms with van der Waals surface area (Å²) < 4.78 is 13.4. The van der Waals surface area contributed by atoms with E-state index in [1.165, 1.54) is 10.8 Å². The molecule has 4 heteroatoms. The highest BCUT2D eigenvalue weighted by atomic mass is 35.5. The Morgan fingerprint density at radius 3 is 2.62 bits per heavy atom. The molecule has 0 aliphatic heterocycles. The number of hydrogen-bond donors (Lipinski definition) is 0. The van der Waals surface area contributed by atoms with Gasteiger partial charge in [0.1, 0.15) is 0 Å². The molecule has 1 heterocycles. The van der Waals surface area contributed by atoms with Crippen molar-refractivity contribution in [2.45, 2.75) is 0 Å². The van der Waals surface area contributed by atoms with Gasteiger partial charge in [-0.1, -0.05) is 0 Å². The Kier molecular flexibility index (Phi) is 1.21. The number of rotatable bonds is 0. The highest BCUT2D eigenvalue weighted by Crippen LogP contribution is 2.03. The summed E-state index contributed by atoms with van der Waals surface area (Å²) >= 11 is 5.34. The van der Waals surface area contributed by atoms with Gasteiger partial charge < -0.3 is 4.57 Å². The van der Waals surface area contributed by atoms with Crippen molar-refractivity contribution in [1.29, 1.82) is 0 Å². The summed E-state index contributed by atoms with van der Waals surface area (Å²) in [6.45, 7) is 0. The van der Waals surface area contributed by atoms with Gasteiger partial charge in [-0.05, 0) is 11.6 Å². The molecule has 1 rings (SSSR count). The number of aromatic nitrogens is 2. The fraction of sp³-hybridized carbons (Fsp3) is 0.250. The Balaban J connectivity index is 3.14. The summed E-state index contributed by atoms with van der Waals surface area (Å²) in [5, 5.41) is 0.169. The molecule has 0 spiro atoms. The van der Waals surface area contributed by atoms with Gasteiger partial charge in [0.25, 0.3) is 0 Å². The number of imidazole rings is 1. The number of hydrogen-bond acceptors (Lipinski definition) is 1. The summed E-state index contributed by atoms with van der Waals surface area (Å²) in [4.78, 5) is 3.27. The van der Waals surface area contributed by atoms with Crippen LogP contribution in [-0.4, -0.2) is 9.55 Å². The summed E-state index contributed by atoms with van der Waals surface area (Å²) in [6.07, 6.45) is 1.21. The first kappa shape index (κ1) is 5.56. The molecular weight excluding hydrogens is 131 g/mol. The van der Waals surface area contributed by atoms with E-state index in [0.29, 0.717) is 0 Å². The predicted molar refractivity (Wildman–Crippen MR) is 28.2 cm³/mol. The van der Waals surface area contributed by atoms with E-state index in [2.05, 4.69) is 4.98 Å². The van der Waals surface area contributed by atoms with Gasteiger partial charge in [-0.3, -0.25) is 0 Å². The van der Waals surface area contributed by atoms with Crippen LogP contribution >= 0.6 is 11.6 Å². The first-order valence-corrected chi connectivity index (χ1v) is 2.42. The molecule has 0 radical (unpaired) electrons. The minimum absolute atomic E-state index is 0.169. The number of halogens is 2. The molecule has 44 valence electrons. The Bertz CT molecular complexity index is 176. The number of nitrogens with zero attached hydrogens (tertiary/aromatic N) is 2. The van der Waals surface area contributed by atoms with Crippen molar-refractivity contribution in [3.05, 3.63) is 17.4 Å². The van der Waals surface area contributed by atoms with Crippen LogP contribution in [0.25, 0.3) is 0 Å². The fourth-order valence-corrected chi connectivity index (χ4v) is 0.538. The third kappa shape index (κ3) is 0.816. The maximum Gasteiger partial charge on any atom is 0.232 e. The summed E-state index contributed by atoms with van der Waals surface area (Å²) in [7, 11) is 1.62. The minimum Gasteiger partial charge on any atom is -0.322 e. The van der Waals surface area contributed by atoms with Crippen LogP contribution in [0, 0.1) is 5.95 Å². The van der Waals surface area contributed by atoms with Crippen LogP contribution in [-0.2, 0) is 7.05 Å². The molecule has 2 nitrogen and oxygen atoms in total. The van der Waals surface area contributed by atoms with E-state index in [0.717, 1.165) is 0 Å². The maximum absolute atomic E-state index is 12.0. The van der Waals surface area contributed by atoms with Crippen LogP contribution in [0.2, 0.25) is 5.28 Å². The van der Waals surface area contributed by atoms with Crippen molar-refractivity contribution in [1.82, 2.24) is 9.55 Å². The third-order valence-corrected chi connectivity index (χ3v) is 1.14. The second-order valence-electron chi connectivity index (χ2n) is 1.44. The zero-order chi connectivity index (χ0) is 6.15. The van der Waals surface area contributed by atoms with E-state index in [1.807, 2.05) is 0 Å². The van der Waals surface area contributed by atoms with Gasteiger partial charge in [-0.25, -0.2) is 0 Å². The van der Waals surface area contributed by atoms with Crippen LogP contribution in [0.5, 0.6) is 0 Å². The van der Waals surface area contributed by atoms with Crippen LogP contribution in [0.4, 0.5) is 4.39 Å². The highest BCUT2D eigenvalue weighted by molar-refractivity contribution is 6.28. The van der Waals surface area contributed by atoms with Gasteiger partial charge in [0.15, 0.2) is 0 Å². The maximum atomic E-state index is 12.0. The fourth-order valence-electron chi connectivity index (χ4n) is 0.409. The molecule has 0 unspecified atom stereocenters. The van der Waals surface area contributed by atoms with Crippen LogP contribution in [0.15, 0.2) is 6.20 Å². The van der Waals surface area contributed by atoms with Gasteiger partial charge in [0.05, 0.1) is 6.20 Å².